The molecule has 4 aromatic rings. The molecule has 0 aliphatic heterocycles. The summed E-state index contributed by atoms with van der Waals surface area (Å²) in [6.07, 6.45) is 0. The molecule has 0 saturated carbocycles. The van der Waals surface area contributed by atoms with Crippen molar-refractivity contribution >= 4 is 74.9 Å². The van der Waals surface area contributed by atoms with Crippen molar-refractivity contribution in [3.63, 3.8) is 0 Å². The number of amides is 1. The van der Waals surface area contributed by atoms with Crippen LogP contribution in [0.1, 0.15) is 5.56 Å². The van der Waals surface area contributed by atoms with Gasteiger partial charge in [-0.3, -0.25) is 13.8 Å². The second-order valence-electron chi connectivity index (χ2n) is 8.83. The molecule has 0 radical (unpaired) electrons. The maximum Gasteiger partial charge on any atom is 0.264 e. The third kappa shape index (κ3) is 7.47. The summed E-state index contributed by atoms with van der Waals surface area (Å²) in [6.45, 7) is 1.34. The number of rotatable bonds is 10. The summed E-state index contributed by atoms with van der Waals surface area (Å²) in [5.74, 6) is -0.161. The van der Waals surface area contributed by atoms with Crippen molar-refractivity contribution in [3.05, 3.63) is 106 Å². The van der Waals surface area contributed by atoms with E-state index in [1.165, 1.54) is 49.6 Å². The Kier molecular flexibility index (Phi) is 9.42. The smallest absolute Gasteiger partial charge is 0.264 e. The Morgan fingerprint density at radius 3 is 1.98 bits per heavy atom. The zero-order valence-electron chi connectivity index (χ0n) is 21.8. The van der Waals surface area contributed by atoms with Gasteiger partial charge in [0.15, 0.2) is 0 Å². The van der Waals surface area contributed by atoms with Crippen molar-refractivity contribution < 1.29 is 26.4 Å². The van der Waals surface area contributed by atoms with Crippen LogP contribution in [0.4, 0.5) is 17.1 Å². The third-order valence-corrected chi connectivity index (χ3v) is 10.2. The Balaban J connectivity index is 1.54. The van der Waals surface area contributed by atoms with Crippen molar-refractivity contribution in [2.24, 2.45) is 0 Å². The molecule has 0 saturated heterocycles. The van der Waals surface area contributed by atoms with Crippen LogP contribution >= 0.6 is 31.9 Å². The number of methoxy groups -OCH3 is 1. The summed E-state index contributed by atoms with van der Waals surface area (Å²) < 4.78 is 62.9. The fourth-order valence-electron chi connectivity index (χ4n) is 3.74. The van der Waals surface area contributed by atoms with E-state index >= 15 is 0 Å². The molecule has 0 fully saturated rings. The molecule has 9 nitrogen and oxygen atoms in total. The van der Waals surface area contributed by atoms with Crippen LogP contribution in [-0.2, 0) is 24.8 Å². The van der Waals surface area contributed by atoms with E-state index in [0.29, 0.717) is 27.3 Å². The van der Waals surface area contributed by atoms with E-state index in [2.05, 4.69) is 41.9 Å². The molecular formula is C28H25Br2N3O6S2. The fourth-order valence-corrected chi connectivity index (χ4v) is 7.20. The van der Waals surface area contributed by atoms with Crippen LogP contribution < -0.4 is 19.1 Å². The highest BCUT2D eigenvalue weighted by Crippen LogP contribution is 2.31. The van der Waals surface area contributed by atoms with Crippen molar-refractivity contribution in [2.75, 3.05) is 28.0 Å². The first-order chi connectivity index (χ1) is 19.4. The average Bonchev–Trinajstić information content (AvgIpc) is 2.93. The molecule has 2 N–H and O–H groups in total. The van der Waals surface area contributed by atoms with E-state index in [-0.39, 0.29) is 9.79 Å². The molecule has 0 aliphatic rings. The van der Waals surface area contributed by atoms with E-state index in [1.54, 1.807) is 48.5 Å². The summed E-state index contributed by atoms with van der Waals surface area (Å²) in [5, 5.41) is 2.65. The molecule has 0 spiro atoms. The van der Waals surface area contributed by atoms with Crippen LogP contribution in [0, 0.1) is 6.92 Å². The van der Waals surface area contributed by atoms with Crippen molar-refractivity contribution in [3.8, 4) is 5.75 Å². The number of hydrogen-bond acceptors (Lipinski definition) is 6. The van der Waals surface area contributed by atoms with Gasteiger partial charge in [-0.2, -0.15) is 0 Å². The number of sulfonamides is 2. The van der Waals surface area contributed by atoms with Crippen LogP contribution in [-0.4, -0.2) is 36.4 Å². The van der Waals surface area contributed by atoms with Crippen LogP contribution in [0.2, 0.25) is 0 Å². The first-order valence-electron chi connectivity index (χ1n) is 12.0. The van der Waals surface area contributed by atoms with Gasteiger partial charge in [0.05, 0.1) is 27.1 Å². The monoisotopic (exact) mass is 721 g/mol. The maximum absolute atomic E-state index is 13.7. The zero-order valence-corrected chi connectivity index (χ0v) is 26.6. The summed E-state index contributed by atoms with van der Waals surface area (Å²) in [4.78, 5) is 13.0. The summed E-state index contributed by atoms with van der Waals surface area (Å²) in [7, 11) is -6.56. The lowest BCUT2D eigenvalue weighted by molar-refractivity contribution is -0.114. The van der Waals surface area contributed by atoms with E-state index in [0.717, 1.165) is 14.3 Å². The molecule has 0 atom stereocenters. The van der Waals surface area contributed by atoms with Gasteiger partial charge in [-0.1, -0.05) is 33.6 Å². The zero-order chi connectivity index (χ0) is 29.8. The van der Waals surface area contributed by atoms with Gasteiger partial charge in [0, 0.05) is 15.8 Å². The van der Waals surface area contributed by atoms with Crippen molar-refractivity contribution in [2.45, 2.75) is 16.7 Å². The summed E-state index contributed by atoms with van der Waals surface area (Å²) in [5.41, 5.74) is 1.92. The molecule has 0 heterocycles. The third-order valence-electron chi connectivity index (χ3n) is 5.87. The van der Waals surface area contributed by atoms with Gasteiger partial charge in [-0.25, -0.2) is 16.8 Å². The Bertz CT molecular complexity index is 1760. The number of anilines is 3. The molecule has 0 bridgehead atoms. The SMILES string of the molecule is COc1ccc(S(=O)(=O)N(CC(=O)Nc2ccc(S(=O)(=O)Nc3ccc(Br)cc3)cc2)c2ccc(C)cc2)cc1Br. The van der Waals surface area contributed by atoms with Crippen LogP contribution in [0.3, 0.4) is 0 Å². The van der Waals surface area contributed by atoms with Gasteiger partial charge in [0.1, 0.15) is 12.3 Å². The van der Waals surface area contributed by atoms with E-state index < -0.39 is 32.5 Å². The number of benzene rings is 4. The molecule has 214 valence electrons. The van der Waals surface area contributed by atoms with Crippen LogP contribution in [0.25, 0.3) is 0 Å². The minimum atomic E-state index is -4.16. The van der Waals surface area contributed by atoms with Crippen LogP contribution in [0.15, 0.2) is 110 Å². The first kappa shape index (κ1) is 30.6. The largest absolute Gasteiger partial charge is 0.496 e. The quantitative estimate of drug-likeness (QED) is 0.202. The molecule has 13 heteroatoms. The number of nitrogens with zero attached hydrogens (tertiary/aromatic N) is 1. The number of nitrogens with one attached hydrogen (secondary N) is 2. The van der Waals surface area contributed by atoms with Crippen molar-refractivity contribution in [1.82, 2.24) is 0 Å². The van der Waals surface area contributed by atoms with Gasteiger partial charge in [-0.05, 0) is 102 Å². The number of halogens is 2. The molecule has 0 aromatic heterocycles. The number of carbonyl (C=O) groups excluding carboxylic acids is 1. The average molecular weight is 723 g/mol. The lowest BCUT2D eigenvalue weighted by Crippen LogP contribution is -2.38. The van der Waals surface area contributed by atoms with Crippen LogP contribution in [0.5, 0.6) is 5.75 Å². The van der Waals surface area contributed by atoms with Gasteiger partial charge in [0.2, 0.25) is 5.91 Å². The Hall–Kier alpha value is -3.39. The van der Waals surface area contributed by atoms with Gasteiger partial charge >= 0.3 is 0 Å². The first-order valence-corrected chi connectivity index (χ1v) is 16.5. The minimum Gasteiger partial charge on any atom is -0.496 e. The number of aryl methyl sites for hydroxylation is 1. The molecule has 1 amide bonds. The molecule has 0 unspecified atom stereocenters. The van der Waals surface area contributed by atoms with Gasteiger partial charge < -0.3 is 10.1 Å². The summed E-state index contributed by atoms with van der Waals surface area (Å²) >= 11 is 6.62. The lowest BCUT2D eigenvalue weighted by atomic mass is 10.2. The number of ether oxygens (including phenoxy) is 1. The number of hydrogen-bond donors (Lipinski definition) is 2. The highest BCUT2D eigenvalue weighted by atomic mass is 79.9. The number of carbonyl (C=O) groups is 1. The van der Waals surface area contributed by atoms with E-state index in [9.17, 15) is 21.6 Å². The molecular weight excluding hydrogens is 698 g/mol. The van der Waals surface area contributed by atoms with E-state index in [1.807, 2.05) is 6.92 Å². The predicted molar refractivity (Wildman–Crippen MR) is 166 cm³/mol. The molecule has 4 aromatic carbocycles. The highest BCUT2D eigenvalue weighted by molar-refractivity contribution is 9.10. The van der Waals surface area contributed by atoms with E-state index in [4.69, 9.17) is 4.74 Å². The highest BCUT2D eigenvalue weighted by Gasteiger charge is 2.28. The van der Waals surface area contributed by atoms with Gasteiger partial charge in [-0.15, -0.1) is 0 Å². The minimum absolute atomic E-state index is 0.00707. The molecule has 0 aliphatic carbocycles. The fraction of sp³-hybridized carbons (Fsp3) is 0.107. The summed E-state index contributed by atoms with van der Waals surface area (Å²) in [6, 6.07) is 23.3. The molecule has 41 heavy (non-hydrogen) atoms. The Labute approximate surface area is 255 Å². The Morgan fingerprint density at radius 1 is 0.805 bits per heavy atom. The normalized spacial score (nSPS) is 11.5. The molecule has 4 rings (SSSR count). The topological polar surface area (TPSA) is 122 Å². The lowest BCUT2D eigenvalue weighted by Gasteiger charge is -2.24. The predicted octanol–water partition coefficient (Wildman–Crippen LogP) is 6.16. The second kappa shape index (κ2) is 12.6. The van der Waals surface area contributed by atoms with Gasteiger partial charge in [0.25, 0.3) is 20.0 Å². The van der Waals surface area contributed by atoms with Crippen molar-refractivity contribution in [1.29, 1.82) is 0 Å². The maximum atomic E-state index is 13.7. The second-order valence-corrected chi connectivity index (χ2v) is 14.1. The Morgan fingerprint density at radius 2 is 1.39 bits per heavy atom. The standard InChI is InChI=1S/C28H25Br2N3O6S2/c1-19-3-11-23(12-4-19)33(41(37,38)25-15-16-27(39-2)26(30)17-25)18-28(34)31-21-9-13-24(14-10-21)40(35,36)32-22-7-5-20(29)6-8-22/h3-17,32H,18H2,1-2H3,(H,31,34).